The molecule has 0 aliphatic carbocycles. The van der Waals surface area contributed by atoms with E-state index in [1.54, 1.807) is 0 Å². The Hall–Kier alpha value is 0.210. The lowest BCUT2D eigenvalue weighted by Gasteiger charge is -2.30. The second-order valence-corrected chi connectivity index (χ2v) is 25.3. The molecule has 5 aliphatic rings. The highest BCUT2D eigenvalue weighted by Crippen LogP contribution is 2.28. The van der Waals surface area contributed by atoms with E-state index in [0.717, 1.165) is 61.0 Å². The Morgan fingerprint density at radius 2 is 1.02 bits per heavy atom. The Kier molecular flexibility index (Phi) is 25.9. The topological polar surface area (TPSA) is 76.6 Å². The molecule has 0 radical (unpaired) electrons. The highest BCUT2D eigenvalue weighted by Gasteiger charge is 2.38. The second-order valence-electron chi connectivity index (χ2n) is 20.7. The number of sulfone groups is 1. The first-order chi connectivity index (χ1) is 26.7. The number of hydrogen-bond acceptors (Lipinski definition) is 10. The molecule has 0 aromatic heterocycles. The van der Waals surface area contributed by atoms with Gasteiger partial charge in [-0.1, -0.05) is 69.2 Å². The van der Waals surface area contributed by atoms with Crippen LogP contribution < -0.4 is 0 Å². The van der Waals surface area contributed by atoms with Gasteiger partial charge >= 0.3 is 0 Å². The van der Waals surface area contributed by atoms with Crippen molar-refractivity contribution >= 4 is 32.4 Å². The van der Waals surface area contributed by atoms with Gasteiger partial charge in [-0.3, -0.25) is 28.7 Å². The summed E-state index contributed by atoms with van der Waals surface area (Å²) in [5.74, 6) is 8.19. The SMILES string of the molecule is CC(C)C1CCCN1C(C)C.CC(C)C1COCN1C(C)C.CC(C)C1CS(=O)(=O)CN1C(C)C.CC(C)C1CS(=O)CN1C(C)C.CC(C)C1CSCN1C(C)C. The van der Waals surface area contributed by atoms with Crippen LogP contribution in [0.3, 0.4) is 0 Å². The summed E-state index contributed by atoms with van der Waals surface area (Å²) in [7, 11) is -3.41. The molecule has 12 heteroatoms. The summed E-state index contributed by atoms with van der Waals surface area (Å²) in [5.41, 5.74) is 0. The van der Waals surface area contributed by atoms with Crippen molar-refractivity contribution in [3.05, 3.63) is 0 Å². The number of rotatable bonds is 10. The minimum Gasteiger partial charge on any atom is -0.364 e. The van der Waals surface area contributed by atoms with Crippen LogP contribution in [0.5, 0.6) is 0 Å². The number of nitrogens with zero attached hydrogens (tertiary/aromatic N) is 5. The number of hydrogen-bond donors (Lipinski definition) is 0. The summed E-state index contributed by atoms with van der Waals surface area (Å²) >= 11 is 2.07. The van der Waals surface area contributed by atoms with E-state index in [1.807, 2.05) is 0 Å². The van der Waals surface area contributed by atoms with Gasteiger partial charge in [0.2, 0.25) is 0 Å². The summed E-state index contributed by atoms with van der Waals surface area (Å²) in [6.07, 6.45) is 2.82. The smallest absolute Gasteiger partial charge is 0.165 e. The molecule has 0 bridgehead atoms. The van der Waals surface area contributed by atoms with Gasteiger partial charge in [-0.05, 0) is 118 Å². The first-order valence-corrected chi connectivity index (χ1v) is 27.7. The highest BCUT2D eigenvalue weighted by molar-refractivity contribution is 7.99. The fourth-order valence-electron chi connectivity index (χ4n) is 8.87. The van der Waals surface area contributed by atoms with Gasteiger partial charge in [0, 0.05) is 88.6 Å². The van der Waals surface area contributed by atoms with E-state index in [-0.39, 0.29) is 11.9 Å². The molecule has 9 nitrogen and oxygen atoms in total. The van der Waals surface area contributed by atoms with Crippen LogP contribution in [-0.4, -0.2) is 152 Å². The van der Waals surface area contributed by atoms with Gasteiger partial charge < -0.3 is 4.74 Å². The zero-order chi connectivity index (χ0) is 44.8. The molecule has 6 atom stereocenters. The predicted molar refractivity (Wildman–Crippen MR) is 257 cm³/mol. The maximum atomic E-state index is 11.4. The highest BCUT2D eigenvalue weighted by atomic mass is 32.2. The normalized spacial score (nSPS) is 28.7. The summed E-state index contributed by atoms with van der Waals surface area (Å²) < 4.78 is 39.6. The summed E-state index contributed by atoms with van der Waals surface area (Å²) in [5, 5.41) is 0. The van der Waals surface area contributed by atoms with E-state index >= 15 is 0 Å². The third-order valence-corrected chi connectivity index (χ3v) is 16.6. The van der Waals surface area contributed by atoms with E-state index in [2.05, 4.69) is 175 Å². The molecule has 0 amide bonds. The summed E-state index contributed by atoms with van der Waals surface area (Å²) in [6, 6.07) is 5.99. The molecule has 0 N–H and O–H groups in total. The molecule has 0 aromatic carbocycles. The van der Waals surface area contributed by atoms with Crippen LogP contribution in [-0.2, 0) is 25.4 Å². The van der Waals surface area contributed by atoms with Gasteiger partial charge in [-0.2, -0.15) is 0 Å². The molecule has 5 heterocycles. The van der Waals surface area contributed by atoms with E-state index in [4.69, 9.17) is 4.74 Å². The van der Waals surface area contributed by atoms with Gasteiger partial charge in [-0.15, -0.1) is 11.8 Å². The molecule has 348 valence electrons. The maximum absolute atomic E-state index is 11.4. The maximum Gasteiger partial charge on any atom is 0.165 e. The van der Waals surface area contributed by atoms with Crippen molar-refractivity contribution in [1.82, 2.24) is 24.5 Å². The fraction of sp³-hybridized carbons (Fsp3) is 1.00. The average Bonchev–Trinajstić information content (AvgIpc) is 3.94. The van der Waals surface area contributed by atoms with Crippen molar-refractivity contribution in [3.63, 3.8) is 0 Å². The van der Waals surface area contributed by atoms with Crippen molar-refractivity contribution in [2.75, 3.05) is 54.8 Å². The van der Waals surface area contributed by atoms with Crippen molar-refractivity contribution in [2.24, 2.45) is 29.6 Å². The molecule has 58 heavy (non-hydrogen) atoms. The molecule has 0 aromatic rings. The number of likely N-dealkylation sites (tertiary alicyclic amines) is 1. The van der Waals surface area contributed by atoms with E-state index in [9.17, 15) is 12.6 Å². The average molecular weight is 881 g/mol. The Balaban J connectivity index is 0.000000363. The molecule has 5 rings (SSSR count). The van der Waals surface area contributed by atoms with Crippen molar-refractivity contribution in [1.29, 1.82) is 0 Å². The quantitative estimate of drug-likeness (QED) is 0.212. The third kappa shape index (κ3) is 18.5. The van der Waals surface area contributed by atoms with Crippen LogP contribution in [0.15, 0.2) is 0 Å². The van der Waals surface area contributed by atoms with Crippen LogP contribution in [0, 0.1) is 29.6 Å². The van der Waals surface area contributed by atoms with Crippen molar-refractivity contribution in [3.8, 4) is 0 Å². The Morgan fingerprint density at radius 3 is 1.36 bits per heavy atom. The van der Waals surface area contributed by atoms with E-state index in [1.165, 1.54) is 31.0 Å². The lowest BCUT2D eigenvalue weighted by Crippen LogP contribution is -2.39. The lowest BCUT2D eigenvalue weighted by atomic mass is 10.0. The van der Waals surface area contributed by atoms with Crippen LogP contribution in [0.2, 0.25) is 0 Å². The fourth-order valence-corrected chi connectivity index (χ4v) is 14.5. The number of ether oxygens (including phenoxy) is 1. The molecule has 5 aliphatic heterocycles. The standard InChI is InChI=1S/C10H21N.C9H19NO2S.C9H19NOS.C9H19NO.C9H19NS/c1-8(2)10-6-5-7-11(10)9(3)4;1-7(2)9-5-13(11,12)6-10(9)8(3)4;1-7(2)9-5-12(11)6-10(9)8(3)4;2*1-7(2)9-5-11-6-10(9)8(3)4/h8-10H,5-7H2,1-4H3;7-9H,5-6H2,1-4H3;7-9H,5-6H2,1-4H3;2*7-9H,5-6H2,1-4H3. The van der Waals surface area contributed by atoms with Gasteiger partial charge in [0.25, 0.3) is 0 Å². The largest absolute Gasteiger partial charge is 0.364 e. The Bertz CT molecular complexity index is 1090. The Labute approximate surface area is 368 Å². The summed E-state index contributed by atoms with van der Waals surface area (Å²) in [6.45, 7) is 47.6. The molecular weight excluding hydrogens is 783 g/mol. The van der Waals surface area contributed by atoms with Crippen LogP contribution >= 0.6 is 11.8 Å². The number of thioether (sulfide) groups is 1. The molecule has 0 spiro atoms. The molecule has 5 fully saturated rings. The first kappa shape index (κ1) is 56.2. The zero-order valence-corrected chi connectivity index (χ0v) is 44.0. The minimum absolute atomic E-state index is 0.213. The second kappa shape index (κ2) is 26.7. The van der Waals surface area contributed by atoms with E-state index in [0.29, 0.717) is 53.7 Å². The molecule has 0 saturated carbocycles. The van der Waals surface area contributed by atoms with Crippen molar-refractivity contribution in [2.45, 2.75) is 212 Å². The van der Waals surface area contributed by atoms with Gasteiger partial charge in [0.05, 0.1) is 25.0 Å². The van der Waals surface area contributed by atoms with Crippen LogP contribution in [0.4, 0.5) is 0 Å². The molecule has 5 saturated heterocycles. The van der Waals surface area contributed by atoms with Crippen LogP contribution in [0.25, 0.3) is 0 Å². The first-order valence-electron chi connectivity index (χ1n) is 23.2. The van der Waals surface area contributed by atoms with E-state index < -0.39 is 20.6 Å². The summed E-state index contributed by atoms with van der Waals surface area (Å²) in [4.78, 5) is 12.1. The van der Waals surface area contributed by atoms with Crippen LogP contribution in [0.1, 0.15) is 151 Å². The van der Waals surface area contributed by atoms with Gasteiger partial charge in [0.15, 0.2) is 9.84 Å². The van der Waals surface area contributed by atoms with Gasteiger partial charge in [0.1, 0.15) is 5.88 Å². The molecule has 6 unspecified atom stereocenters. The Morgan fingerprint density at radius 1 is 0.552 bits per heavy atom. The third-order valence-electron chi connectivity index (χ3n) is 12.7. The lowest BCUT2D eigenvalue weighted by molar-refractivity contribution is 0.112. The minimum atomic E-state index is -2.81. The monoisotopic (exact) mass is 880 g/mol. The zero-order valence-electron chi connectivity index (χ0n) is 41.5. The van der Waals surface area contributed by atoms with Gasteiger partial charge in [-0.25, -0.2) is 8.42 Å². The predicted octanol–water partition coefficient (Wildman–Crippen LogP) is 9.20. The van der Waals surface area contributed by atoms with Crippen molar-refractivity contribution < 1.29 is 17.4 Å². The molecular formula is C46H97N5O4S3.